The number of carbonyl (C=O) groups is 1. The Morgan fingerprint density at radius 2 is 1.92 bits per heavy atom. The Bertz CT molecular complexity index is 1580. The predicted molar refractivity (Wildman–Crippen MR) is 133 cm³/mol. The van der Waals surface area contributed by atoms with Crippen molar-refractivity contribution in [2.24, 2.45) is 4.99 Å². The monoisotopic (exact) mass is 620 g/mol. The van der Waals surface area contributed by atoms with Crippen LogP contribution in [0.5, 0.6) is 5.75 Å². The van der Waals surface area contributed by atoms with Crippen molar-refractivity contribution in [1.29, 1.82) is 0 Å². The second-order valence-electron chi connectivity index (χ2n) is 7.44. The zero-order chi connectivity index (χ0) is 26.4. The molecule has 1 aromatic heterocycles. The summed E-state index contributed by atoms with van der Waals surface area (Å²) in [5.74, 6) is -1.47. The minimum absolute atomic E-state index is 0.0381. The Balaban J connectivity index is 2.07. The van der Waals surface area contributed by atoms with Crippen molar-refractivity contribution < 1.29 is 27.8 Å². The molecule has 0 amide bonds. The maximum absolute atomic E-state index is 14.1. The molecule has 1 aliphatic rings. The van der Waals surface area contributed by atoms with Gasteiger partial charge in [0.05, 0.1) is 27.2 Å². The van der Waals surface area contributed by atoms with Crippen molar-refractivity contribution in [1.82, 2.24) is 4.57 Å². The van der Waals surface area contributed by atoms with Gasteiger partial charge in [0.2, 0.25) is 0 Å². The van der Waals surface area contributed by atoms with E-state index >= 15 is 0 Å². The number of hydrogen-bond acceptors (Lipinski definition) is 6. The minimum Gasteiger partial charge on any atom is -0.506 e. The molecule has 2 heterocycles. The second-order valence-corrected chi connectivity index (χ2v) is 10.2. The van der Waals surface area contributed by atoms with E-state index in [1.807, 2.05) is 0 Å². The molecule has 1 atom stereocenters. The van der Waals surface area contributed by atoms with Crippen LogP contribution in [0, 0.1) is 0 Å². The maximum Gasteiger partial charge on any atom is 0.434 e. The van der Waals surface area contributed by atoms with Gasteiger partial charge in [-0.15, -0.1) is 0 Å². The molecule has 1 aliphatic heterocycles. The summed E-state index contributed by atoms with van der Waals surface area (Å²) in [6.07, 6.45) is -3.73. The summed E-state index contributed by atoms with van der Waals surface area (Å²) < 4.78 is 48.5. The Hall–Kier alpha value is -2.60. The number of aromatic nitrogens is 1. The Kier molecular flexibility index (Phi) is 7.38. The van der Waals surface area contributed by atoms with Crippen LogP contribution >= 0.6 is 50.5 Å². The third kappa shape index (κ3) is 4.97. The van der Waals surface area contributed by atoms with Gasteiger partial charge in [-0.3, -0.25) is 9.36 Å². The van der Waals surface area contributed by atoms with Gasteiger partial charge in [0.15, 0.2) is 10.5 Å². The van der Waals surface area contributed by atoms with E-state index in [0.29, 0.717) is 16.4 Å². The van der Waals surface area contributed by atoms with E-state index in [4.69, 9.17) is 27.9 Å². The number of nitrogens with zero attached hydrogens (tertiary/aromatic N) is 2. The van der Waals surface area contributed by atoms with Crippen molar-refractivity contribution in [2.75, 3.05) is 6.61 Å². The quantitative estimate of drug-likeness (QED) is 0.411. The van der Waals surface area contributed by atoms with E-state index in [1.165, 1.54) is 49.4 Å². The normalized spacial score (nSPS) is 16.1. The first kappa shape index (κ1) is 26.5. The van der Waals surface area contributed by atoms with E-state index in [2.05, 4.69) is 20.9 Å². The number of carbonyl (C=O) groups excluding carboxylic acids is 1. The van der Waals surface area contributed by atoms with Crippen LogP contribution in [0.3, 0.4) is 0 Å². The van der Waals surface area contributed by atoms with E-state index in [0.717, 1.165) is 4.57 Å². The average Bonchev–Trinajstić information content (AvgIpc) is 3.11. The van der Waals surface area contributed by atoms with Crippen molar-refractivity contribution in [3.63, 3.8) is 0 Å². The molecule has 0 saturated carbocycles. The third-order valence-electron chi connectivity index (χ3n) is 5.12. The number of thiazole rings is 1. The number of ether oxygens (including phenoxy) is 1. The lowest BCUT2D eigenvalue weighted by Gasteiger charge is -2.26. The lowest BCUT2D eigenvalue weighted by molar-refractivity contribution is -0.140. The van der Waals surface area contributed by atoms with Crippen molar-refractivity contribution in [3.05, 3.63) is 93.0 Å². The molecule has 3 aromatic rings. The molecule has 2 aromatic carbocycles. The molecule has 188 valence electrons. The van der Waals surface area contributed by atoms with E-state index in [9.17, 15) is 27.9 Å². The third-order valence-corrected chi connectivity index (χ3v) is 7.18. The van der Waals surface area contributed by atoms with Crippen LogP contribution < -0.4 is 14.9 Å². The Morgan fingerprint density at radius 3 is 2.53 bits per heavy atom. The number of phenolic OH excluding ortho intramolecular Hbond substituents is 1. The lowest BCUT2D eigenvalue weighted by atomic mass is 9.95. The predicted octanol–water partition coefficient (Wildman–Crippen LogP) is 5.12. The summed E-state index contributed by atoms with van der Waals surface area (Å²) in [5.41, 5.74) is -2.65. The SMILES string of the molecule is CCOC(=O)C1=C(C(F)(F)F)N=c2s/c(=C\c3cc(Cl)cc(Br)c3O)c(=O)n2[C@@H]1c1ccc(Cl)cc1. The topological polar surface area (TPSA) is 80.9 Å². The van der Waals surface area contributed by atoms with Crippen LogP contribution in [-0.4, -0.2) is 28.4 Å². The van der Waals surface area contributed by atoms with Crippen LogP contribution in [0.1, 0.15) is 24.1 Å². The van der Waals surface area contributed by atoms with E-state index in [1.54, 1.807) is 0 Å². The number of allylic oxidation sites excluding steroid dienone is 1. The standard InChI is InChI=1S/C23H14BrCl2F3N2O4S/c1-2-35-21(34)16-17(10-3-5-12(25)6-4-10)31-20(33)15(36-22(31)30-19(16)23(27,28)29)8-11-7-13(26)9-14(24)18(11)32/h3-9,17,32H,2H2,1H3/b15-8-/t17-/m1/s1. The Morgan fingerprint density at radius 1 is 1.25 bits per heavy atom. The van der Waals surface area contributed by atoms with Crippen molar-refractivity contribution >= 4 is 62.5 Å². The molecule has 0 unspecified atom stereocenters. The lowest BCUT2D eigenvalue weighted by Crippen LogP contribution is -2.41. The van der Waals surface area contributed by atoms with Gasteiger partial charge in [-0.1, -0.05) is 46.7 Å². The van der Waals surface area contributed by atoms with Gasteiger partial charge < -0.3 is 9.84 Å². The van der Waals surface area contributed by atoms with Gasteiger partial charge in [-0.05, 0) is 58.8 Å². The summed E-state index contributed by atoms with van der Waals surface area (Å²) in [5, 5.41) is 10.9. The largest absolute Gasteiger partial charge is 0.506 e. The fraction of sp³-hybridized carbons (Fsp3) is 0.174. The molecule has 13 heteroatoms. The number of halogens is 6. The maximum atomic E-state index is 14.1. The average molecular weight is 622 g/mol. The Labute approximate surface area is 223 Å². The fourth-order valence-electron chi connectivity index (χ4n) is 3.64. The molecule has 0 spiro atoms. The van der Waals surface area contributed by atoms with Gasteiger partial charge in [0.25, 0.3) is 5.56 Å². The van der Waals surface area contributed by atoms with Crippen LogP contribution in [0.2, 0.25) is 10.0 Å². The summed E-state index contributed by atoms with van der Waals surface area (Å²) in [6, 6.07) is 7.05. The number of alkyl halides is 3. The summed E-state index contributed by atoms with van der Waals surface area (Å²) in [6.45, 7) is 1.27. The number of fused-ring (bicyclic) bond motifs is 1. The van der Waals surface area contributed by atoms with E-state index < -0.39 is 35.0 Å². The fourth-order valence-corrected chi connectivity index (χ4v) is 5.59. The van der Waals surface area contributed by atoms with Crippen LogP contribution in [0.15, 0.2) is 61.9 Å². The zero-order valence-electron chi connectivity index (χ0n) is 18.1. The molecule has 36 heavy (non-hydrogen) atoms. The highest BCUT2D eigenvalue weighted by Gasteiger charge is 2.45. The smallest absolute Gasteiger partial charge is 0.434 e. The molecule has 0 fully saturated rings. The molecule has 1 N–H and O–H groups in total. The van der Waals surface area contributed by atoms with Gasteiger partial charge >= 0.3 is 12.1 Å². The molecular weight excluding hydrogens is 608 g/mol. The van der Waals surface area contributed by atoms with Crippen LogP contribution in [-0.2, 0) is 9.53 Å². The van der Waals surface area contributed by atoms with Crippen LogP contribution in [0.4, 0.5) is 13.2 Å². The first-order valence-corrected chi connectivity index (χ1v) is 12.5. The molecular formula is C23H14BrCl2F3N2O4S. The minimum atomic E-state index is -5.02. The molecule has 0 saturated heterocycles. The number of aromatic hydroxyl groups is 1. The van der Waals surface area contributed by atoms with Crippen molar-refractivity contribution in [3.8, 4) is 5.75 Å². The van der Waals surface area contributed by atoms with Crippen LogP contribution in [0.25, 0.3) is 6.08 Å². The first-order chi connectivity index (χ1) is 16.9. The number of phenols is 1. The first-order valence-electron chi connectivity index (χ1n) is 10.2. The number of esters is 1. The highest BCUT2D eigenvalue weighted by atomic mass is 79.9. The summed E-state index contributed by atoms with van der Waals surface area (Å²) in [7, 11) is 0. The number of benzene rings is 2. The zero-order valence-corrected chi connectivity index (χ0v) is 22.0. The van der Waals surface area contributed by atoms with Gasteiger partial charge in [-0.25, -0.2) is 9.79 Å². The van der Waals surface area contributed by atoms with Crippen molar-refractivity contribution in [2.45, 2.75) is 19.1 Å². The second kappa shape index (κ2) is 10.0. The molecule has 0 bridgehead atoms. The van der Waals surface area contributed by atoms with Gasteiger partial charge in [-0.2, -0.15) is 13.2 Å². The van der Waals surface area contributed by atoms with Gasteiger partial charge in [0.1, 0.15) is 5.75 Å². The van der Waals surface area contributed by atoms with E-state index in [-0.39, 0.29) is 42.3 Å². The highest BCUT2D eigenvalue weighted by molar-refractivity contribution is 9.10. The summed E-state index contributed by atoms with van der Waals surface area (Å²) in [4.78, 5) is 29.7. The van der Waals surface area contributed by atoms with Gasteiger partial charge in [0, 0.05) is 15.6 Å². The molecule has 6 nitrogen and oxygen atoms in total. The molecule has 0 radical (unpaired) electrons. The summed E-state index contributed by atoms with van der Waals surface area (Å²) >= 11 is 15.8. The highest BCUT2D eigenvalue weighted by Crippen LogP contribution is 2.38. The number of hydrogen-bond donors (Lipinski definition) is 1. The molecule has 4 rings (SSSR count). The number of rotatable bonds is 4. The molecule has 0 aliphatic carbocycles.